The van der Waals surface area contributed by atoms with Crippen molar-refractivity contribution in [3.8, 4) is 0 Å². The fourth-order valence-corrected chi connectivity index (χ4v) is 4.35. The van der Waals surface area contributed by atoms with E-state index in [1.165, 1.54) is 0 Å². The lowest BCUT2D eigenvalue weighted by Gasteiger charge is -2.29. The van der Waals surface area contributed by atoms with E-state index in [1.54, 1.807) is 36.3 Å². The van der Waals surface area contributed by atoms with Crippen LogP contribution in [0, 0.1) is 0 Å². The Kier molecular flexibility index (Phi) is 6.05. The first kappa shape index (κ1) is 20.4. The fourth-order valence-electron chi connectivity index (χ4n) is 3.30. The first-order valence-corrected chi connectivity index (χ1v) is 10.8. The van der Waals surface area contributed by atoms with Gasteiger partial charge in [0, 0.05) is 31.5 Å². The molecule has 2 aromatic carbocycles. The van der Waals surface area contributed by atoms with Crippen LogP contribution < -0.4 is 9.62 Å². The Bertz CT molecular complexity index is 953. The molecule has 0 fully saturated rings. The molecular weight excluding hydrogens is 376 g/mol. The van der Waals surface area contributed by atoms with Crippen molar-refractivity contribution < 1.29 is 17.9 Å². The zero-order valence-corrected chi connectivity index (χ0v) is 17.3. The van der Waals surface area contributed by atoms with E-state index >= 15 is 0 Å². The average Bonchev–Trinajstić information content (AvgIpc) is 2.67. The molecule has 0 saturated carbocycles. The molecule has 1 N–H and O–H groups in total. The zero-order valence-electron chi connectivity index (χ0n) is 16.4. The highest BCUT2D eigenvalue weighted by Crippen LogP contribution is 2.31. The molecule has 3 rings (SSSR count). The first-order valence-electron chi connectivity index (χ1n) is 9.37. The summed E-state index contributed by atoms with van der Waals surface area (Å²) in [5.74, 6) is 0.400. The maximum atomic E-state index is 12.7. The van der Waals surface area contributed by atoms with E-state index in [9.17, 15) is 13.2 Å². The summed E-state index contributed by atoms with van der Waals surface area (Å²) in [5, 5.41) is 0. The van der Waals surface area contributed by atoms with E-state index in [0.717, 1.165) is 16.8 Å². The number of nitrogens with zero attached hydrogens (tertiary/aromatic N) is 1. The van der Waals surface area contributed by atoms with Crippen LogP contribution in [-0.2, 0) is 26.0 Å². The summed E-state index contributed by atoms with van der Waals surface area (Å²) >= 11 is 0. The summed E-state index contributed by atoms with van der Waals surface area (Å²) in [4.78, 5) is 14.1. The minimum absolute atomic E-state index is 0.0584. The first-order chi connectivity index (χ1) is 13.3. The molecule has 0 bridgehead atoms. The molecule has 0 radical (unpaired) electrons. The molecule has 7 heteroatoms. The smallest absolute Gasteiger partial charge is 0.261 e. The van der Waals surface area contributed by atoms with E-state index in [4.69, 9.17) is 4.74 Å². The third-order valence-electron chi connectivity index (χ3n) is 4.91. The van der Waals surface area contributed by atoms with Crippen molar-refractivity contribution in [3.63, 3.8) is 0 Å². The third kappa shape index (κ3) is 4.36. The van der Waals surface area contributed by atoms with E-state index < -0.39 is 10.0 Å². The Hall–Kier alpha value is -2.38. The van der Waals surface area contributed by atoms with Crippen molar-refractivity contribution >= 4 is 27.3 Å². The van der Waals surface area contributed by atoms with Gasteiger partial charge in [-0.25, -0.2) is 8.42 Å². The standard InChI is InChI=1S/C21H26N2O4S/c1-15(2)16-4-8-19(9-5-16)28(25,26)22-18-7-10-20-17(14-18)6-11-21(24)23(20)12-13-27-3/h4-5,7-10,14-15,22H,6,11-13H2,1-3H3. The summed E-state index contributed by atoms with van der Waals surface area (Å²) in [6.07, 6.45) is 1.000. The topological polar surface area (TPSA) is 75.7 Å². The molecule has 1 amide bonds. The summed E-state index contributed by atoms with van der Waals surface area (Å²) in [6, 6.07) is 12.2. The normalized spacial score (nSPS) is 14.3. The largest absolute Gasteiger partial charge is 0.383 e. The third-order valence-corrected chi connectivity index (χ3v) is 6.31. The van der Waals surface area contributed by atoms with Gasteiger partial charge in [0.15, 0.2) is 0 Å². The summed E-state index contributed by atoms with van der Waals surface area (Å²) in [6.45, 7) is 5.06. The van der Waals surface area contributed by atoms with Gasteiger partial charge < -0.3 is 9.64 Å². The van der Waals surface area contributed by atoms with Gasteiger partial charge in [0.1, 0.15) is 0 Å². The molecule has 0 unspecified atom stereocenters. The van der Waals surface area contributed by atoms with Crippen LogP contribution in [0.5, 0.6) is 0 Å². The molecule has 1 aliphatic heterocycles. The predicted octanol–water partition coefficient (Wildman–Crippen LogP) is 3.54. The van der Waals surface area contributed by atoms with Gasteiger partial charge in [0.25, 0.3) is 10.0 Å². The molecule has 6 nitrogen and oxygen atoms in total. The van der Waals surface area contributed by atoms with Crippen LogP contribution in [0.15, 0.2) is 47.4 Å². The minimum atomic E-state index is -3.67. The second-order valence-electron chi connectivity index (χ2n) is 7.21. The van der Waals surface area contributed by atoms with Crippen molar-refractivity contribution in [2.24, 2.45) is 0 Å². The number of nitrogens with one attached hydrogen (secondary N) is 1. The summed E-state index contributed by atoms with van der Waals surface area (Å²) in [7, 11) is -2.07. The molecule has 0 spiro atoms. The van der Waals surface area contributed by atoms with E-state index in [1.807, 2.05) is 18.2 Å². The fraction of sp³-hybridized carbons (Fsp3) is 0.381. The van der Waals surface area contributed by atoms with Gasteiger partial charge in [-0.05, 0) is 53.8 Å². The molecule has 1 aliphatic rings. The average molecular weight is 403 g/mol. The maximum Gasteiger partial charge on any atom is 0.261 e. The molecule has 0 aliphatic carbocycles. The van der Waals surface area contributed by atoms with Crippen molar-refractivity contribution in [3.05, 3.63) is 53.6 Å². The lowest BCUT2D eigenvalue weighted by Crippen LogP contribution is -2.37. The molecular formula is C21H26N2O4S. The number of carbonyl (C=O) groups is 1. The lowest BCUT2D eigenvalue weighted by atomic mass is 10.0. The van der Waals surface area contributed by atoms with Gasteiger partial charge in [-0.1, -0.05) is 26.0 Å². The second kappa shape index (κ2) is 8.32. The van der Waals surface area contributed by atoms with Gasteiger partial charge in [0.05, 0.1) is 11.5 Å². The molecule has 1 heterocycles. The van der Waals surface area contributed by atoms with Gasteiger partial charge in [-0.2, -0.15) is 0 Å². The Morgan fingerprint density at radius 2 is 1.82 bits per heavy atom. The number of hydrogen-bond acceptors (Lipinski definition) is 4. The van der Waals surface area contributed by atoms with Gasteiger partial charge in [-0.3, -0.25) is 9.52 Å². The number of amides is 1. The van der Waals surface area contributed by atoms with Crippen LogP contribution >= 0.6 is 0 Å². The second-order valence-corrected chi connectivity index (χ2v) is 8.89. The Labute approximate surface area is 166 Å². The number of methoxy groups -OCH3 is 1. The number of ether oxygens (including phenoxy) is 1. The minimum Gasteiger partial charge on any atom is -0.383 e. The van der Waals surface area contributed by atoms with Crippen LogP contribution in [0.1, 0.15) is 37.3 Å². The van der Waals surface area contributed by atoms with Gasteiger partial charge in [-0.15, -0.1) is 0 Å². The Balaban J connectivity index is 1.82. The maximum absolute atomic E-state index is 12.7. The highest BCUT2D eigenvalue weighted by atomic mass is 32.2. The van der Waals surface area contributed by atoms with Crippen LogP contribution in [0.4, 0.5) is 11.4 Å². The Morgan fingerprint density at radius 3 is 2.46 bits per heavy atom. The molecule has 0 aromatic heterocycles. The monoisotopic (exact) mass is 402 g/mol. The highest BCUT2D eigenvalue weighted by molar-refractivity contribution is 7.92. The molecule has 0 atom stereocenters. The van der Waals surface area contributed by atoms with Crippen molar-refractivity contribution in [1.29, 1.82) is 0 Å². The van der Waals surface area contributed by atoms with Crippen LogP contribution in [0.25, 0.3) is 0 Å². The molecule has 0 saturated heterocycles. The van der Waals surface area contributed by atoms with Crippen molar-refractivity contribution in [2.45, 2.75) is 37.5 Å². The molecule has 28 heavy (non-hydrogen) atoms. The molecule has 150 valence electrons. The van der Waals surface area contributed by atoms with Crippen molar-refractivity contribution in [2.75, 3.05) is 29.9 Å². The van der Waals surface area contributed by atoms with E-state index in [2.05, 4.69) is 18.6 Å². The molecule has 2 aromatic rings. The number of fused-ring (bicyclic) bond motifs is 1. The number of hydrogen-bond donors (Lipinski definition) is 1. The number of anilines is 2. The van der Waals surface area contributed by atoms with Crippen LogP contribution in [0.2, 0.25) is 0 Å². The number of benzene rings is 2. The van der Waals surface area contributed by atoms with Gasteiger partial charge >= 0.3 is 0 Å². The summed E-state index contributed by atoms with van der Waals surface area (Å²) in [5.41, 5.74) is 3.35. The van der Waals surface area contributed by atoms with E-state index in [0.29, 0.717) is 37.6 Å². The van der Waals surface area contributed by atoms with Crippen molar-refractivity contribution in [1.82, 2.24) is 0 Å². The predicted molar refractivity (Wildman–Crippen MR) is 110 cm³/mol. The summed E-state index contributed by atoms with van der Waals surface area (Å²) < 4.78 is 33.2. The quantitative estimate of drug-likeness (QED) is 0.769. The Morgan fingerprint density at radius 1 is 1.11 bits per heavy atom. The van der Waals surface area contributed by atoms with E-state index in [-0.39, 0.29) is 10.8 Å². The highest BCUT2D eigenvalue weighted by Gasteiger charge is 2.24. The number of sulfonamides is 1. The van der Waals surface area contributed by atoms with Crippen LogP contribution in [-0.4, -0.2) is 34.6 Å². The van der Waals surface area contributed by atoms with Crippen LogP contribution in [0.3, 0.4) is 0 Å². The number of carbonyl (C=O) groups excluding carboxylic acids is 1. The zero-order chi connectivity index (χ0) is 20.3. The van der Waals surface area contributed by atoms with Gasteiger partial charge in [0.2, 0.25) is 5.91 Å². The SMILES string of the molecule is COCCN1C(=O)CCc2cc(NS(=O)(=O)c3ccc(C(C)C)cc3)ccc21. The lowest BCUT2D eigenvalue weighted by molar-refractivity contribution is -0.119. The number of rotatable bonds is 7. The number of aryl methyl sites for hydroxylation is 1.